The molecule has 0 radical (unpaired) electrons. The molecule has 3 rings (SSSR count). The van der Waals surface area contributed by atoms with Crippen LogP contribution in [0.4, 0.5) is 0 Å². The van der Waals surface area contributed by atoms with Gasteiger partial charge in [0.25, 0.3) is 0 Å². The lowest BCUT2D eigenvalue weighted by molar-refractivity contribution is 0.643. The molecule has 3 nitrogen and oxygen atoms in total. The standard InChI is InChI=1S/C10H13N.C8H8N2/c1-8-2-3-9-4-5-11-7-10(9)6-8;1-7(6-9)8-4-2-3-5-10-8/h2-3,6,11H,4-5,7H2,1H3;2-5,7H,1H3. The van der Waals surface area contributed by atoms with Crippen LogP contribution in [0.5, 0.6) is 0 Å². The van der Waals surface area contributed by atoms with Gasteiger partial charge in [0.1, 0.15) is 0 Å². The second-order valence-corrected chi connectivity index (χ2v) is 5.30. The van der Waals surface area contributed by atoms with Crippen LogP contribution in [0.2, 0.25) is 0 Å². The highest BCUT2D eigenvalue weighted by Gasteiger charge is 2.06. The third-order valence-electron chi connectivity index (χ3n) is 3.57. The molecule has 0 amide bonds. The molecule has 21 heavy (non-hydrogen) atoms. The van der Waals surface area contributed by atoms with Gasteiger partial charge in [-0.2, -0.15) is 5.26 Å². The van der Waals surface area contributed by atoms with Gasteiger partial charge in [-0.1, -0.05) is 29.8 Å². The van der Waals surface area contributed by atoms with E-state index in [9.17, 15) is 0 Å². The highest BCUT2D eigenvalue weighted by molar-refractivity contribution is 5.32. The van der Waals surface area contributed by atoms with Crippen molar-refractivity contribution in [1.29, 1.82) is 5.26 Å². The Morgan fingerprint density at radius 2 is 2.10 bits per heavy atom. The van der Waals surface area contributed by atoms with Crippen LogP contribution in [0, 0.1) is 18.3 Å². The van der Waals surface area contributed by atoms with Gasteiger partial charge in [0.2, 0.25) is 0 Å². The molecule has 0 spiro atoms. The summed E-state index contributed by atoms with van der Waals surface area (Å²) in [5.74, 6) is -0.0961. The van der Waals surface area contributed by atoms with Crippen LogP contribution in [0.3, 0.4) is 0 Å². The molecule has 108 valence electrons. The molecular weight excluding hydrogens is 258 g/mol. The summed E-state index contributed by atoms with van der Waals surface area (Å²) in [5.41, 5.74) is 5.21. The van der Waals surface area contributed by atoms with E-state index in [0.29, 0.717) is 0 Å². The summed E-state index contributed by atoms with van der Waals surface area (Å²) in [6.07, 6.45) is 2.89. The van der Waals surface area contributed by atoms with E-state index >= 15 is 0 Å². The number of hydrogen-bond acceptors (Lipinski definition) is 3. The summed E-state index contributed by atoms with van der Waals surface area (Å²) in [4.78, 5) is 4.03. The van der Waals surface area contributed by atoms with E-state index in [4.69, 9.17) is 5.26 Å². The van der Waals surface area contributed by atoms with Gasteiger partial charge in [0.15, 0.2) is 0 Å². The molecule has 0 fully saturated rings. The molecule has 1 aliphatic heterocycles. The Kier molecular flexibility index (Phi) is 5.48. The molecule has 1 N–H and O–H groups in total. The van der Waals surface area contributed by atoms with Crippen molar-refractivity contribution in [2.45, 2.75) is 32.7 Å². The fraction of sp³-hybridized carbons (Fsp3) is 0.333. The first kappa shape index (κ1) is 15.2. The number of nitriles is 1. The number of hydrogen-bond donors (Lipinski definition) is 1. The van der Waals surface area contributed by atoms with Crippen LogP contribution in [0.15, 0.2) is 42.6 Å². The Balaban J connectivity index is 0.000000155. The van der Waals surface area contributed by atoms with Crippen LogP contribution in [-0.4, -0.2) is 11.5 Å². The van der Waals surface area contributed by atoms with E-state index in [1.54, 1.807) is 6.20 Å². The maximum Gasteiger partial charge on any atom is 0.0856 e. The molecule has 1 unspecified atom stereocenters. The minimum atomic E-state index is -0.0961. The van der Waals surface area contributed by atoms with Crippen molar-refractivity contribution in [3.05, 3.63) is 65.0 Å². The second-order valence-electron chi connectivity index (χ2n) is 5.30. The Morgan fingerprint density at radius 1 is 1.24 bits per heavy atom. The molecule has 0 saturated carbocycles. The van der Waals surface area contributed by atoms with Gasteiger partial charge >= 0.3 is 0 Å². The number of benzene rings is 1. The summed E-state index contributed by atoms with van der Waals surface area (Å²) in [6.45, 7) is 6.17. The topological polar surface area (TPSA) is 48.7 Å². The predicted molar refractivity (Wildman–Crippen MR) is 84.9 cm³/mol. The van der Waals surface area contributed by atoms with Crippen LogP contribution in [-0.2, 0) is 13.0 Å². The SMILES string of the molecule is CC(C#N)c1ccccn1.Cc1ccc2c(c1)CNCC2. The van der Waals surface area contributed by atoms with Gasteiger partial charge in [-0.15, -0.1) is 0 Å². The number of nitrogens with zero attached hydrogens (tertiary/aromatic N) is 2. The summed E-state index contributed by atoms with van der Waals surface area (Å²) in [6, 6.07) is 14.4. The lowest BCUT2D eigenvalue weighted by Gasteiger charge is -2.16. The maximum atomic E-state index is 8.50. The van der Waals surface area contributed by atoms with Gasteiger partial charge in [0.05, 0.1) is 17.7 Å². The molecule has 1 aromatic heterocycles. The number of pyridine rings is 1. The maximum absolute atomic E-state index is 8.50. The van der Waals surface area contributed by atoms with Gasteiger partial charge in [-0.3, -0.25) is 4.98 Å². The van der Waals surface area contributed by atoms with E-state index < -0.39 is 0 Å². The van der Waals surface area contributed by atoms with Crippen molar-refractivity contribution in [3.8, 4) is 6.07 Å². The van der Waals surface area contributed by atoms with E-state index in [0.717, 1.165) is 18.8 Å². The number of rotatable bonds is 1. The number of aryl methyl sites for hydroxylation is 1. The normalized spacial score (nSPS) is 14.1. The van der Waals surface area contributed by atoms with Crippen LogP contribution in [0.25, 0.3) is 0 Å². The van der Waals surface area contributed by atoms with E-state index in [1.807, 2.05) is 25.1 Å². The summed E-state index contributed by atoms with van der Waals surface area (Å²) in [5, 5.41) is 11.9. The van der Waals surface area contributed by atoms with Gasteiger partial charge < -0.3 is 5.32 Å². The van der Waals surface area contributed by atoms with Crippen LogP contribution >= 0.6 is 0 Å². The largest absolute Gasteiger partial charge is 0.312 e. The van der Waals surface area contributed by atoms with Crippen molar-refractivity contribution in [2.24, 2.45) is 0 Å². The minimum Gasteiger partial charge on any atom is -0.312 e. The van der Waals surface area contributed by atoms with E-state index in [-0.39, 0.29) is 5.92 Å². The Labute approximate surface area is 126 Å². The summed E-state index contributed by atoms with van der Waals surface area (Å²) >= 11 is 0. The average molecular weight is 279 g/mol. The number of aromatic nitrogens is 1. The summed E-state index contributed by atoms with van der Waals surface area (Å²) < 4.78 is 0. The van der Waals surface area contributed by atoms with Crippen molar-refractivity contribution in [3.63, 3.8) is 0 Å². The highest BCUT2D eigenvalue weighted by Crippen LogP contribution is 2.14. The minimum absolute atomic E-state index is 0.0961. The molecule has 1 aliphatic rings. The first-order chi connectivity index (χ1) is 10.2. The molecule has 1 atom stereocenters. The van der Waals surface area contributed by atoms with Crippen LogP contribution in [0.1, 0.15) is 35.2 Å². The third-order valence-corrected chi connectivity index (χ3v) is 3.57. The van der Waals surface area contributed by atoms with Crippen molar-refractivity contribution < 1.29 is 0 Å². The Bertz CT molecular complexity index is 614. The molecular formula is C18H21N3. The van der Waals surface area contributed by atoms with E-state index in [1.165, 1.54) is 23.1 Å². The molecule has 2 heterocycles. The van der Waals surface area contributed by atoms with Crippen LogP contribution < -0.4 is 5.32 Å². The second kappa shape index (κ2) is 7.56. The third kappa shape index (κ3) is 4.40. The predicted octanol–water partition coefficient (Wildman–Crippen LogP) is 3.35. The van der Waals surface area contributed by atoms with Crippen molar-refractivity contribution in [2.75, 3.05) is 6.54 Å². The average Bonchev–Trinajstić information content (AvgIpc) is 2.55. The monoisotopic (exact) mass is 279 g/mol. The van der Waals surface area contributed by atoms with Gasteiger partial charge in [-0.05, 0) is 50.1 Å². The summed E-state index contributed by atoms with van der Waals surface area (Å²) in [7, 11) is 0. The quantitative estimate of drug-likeness (QED) is 0.871. The van der Waals surface area contributed by atoms with Crippen molar-refractivity contribution in [1.82, 2.24) is 10.3 Å². The number of fused-ring (bicyclic) bond motifs is 1. The molecule has 0 saturated heterocycles. The van der Waals surface area contributed by atoms with Gasteiger partial charge in [-0.25, -0.2) is 0 Å². The fourth-order valence-corrected chi connectivity index (χ4v) is 2.31. The zero-order valence-corrected chi connectivity index (χ0v) is 12.6. The first-order valence-electron chi connectivity index (χ1n) is 7.30. The zero-order chi connectivity index (χ0) is 15.1. The molecule has 2 aromatic rings. The van der Waals surface area contributed by atoms with Gasteiger partial charge in [0, 0.05) is 12.7 Å². The lowest BCUT2D eigenvalue weighted by atomic mass is 9.99. The molecule has 0 aliphatic carbocycles. The Morgan fingerprint density at radius 3 is 2.81 bits per heavy atom. The molecule has 0 bridgehead atoms. The van der Waals surface area contributed by atoms with Crippen molar-refractivity contribution >= 4 is 0 Å². The zero-order valence-electron chi connectivity index (χ0n) is 12.6. The Hall–Kier alpha value is -2.18. The first-order valence-corrected chi connectivity index (χ1v) is 7.30. The fourth-order valence-electron chi connectivity index (χ4n) is 2.31. The lowest BCUT2D eigenvalue weighted by Crippen LogP contribution is -2.23. The van der Waals surface area contributed by atoms with E-state index in [2.05, 4.69) is 41.5 Å². The highest BCUT2D eigenvalue weighted by atomic mass is 14.9. The molecule has 1 aromatic carbocycles. The smallest absolute Gasteiger partial charge is 0.0856 e. The number of nitrogens with one attached hydrogen (secondary N) is 1. The molecule has 3 heteroatoms.